The molecule has 0 unspecified atom stereocenters. The predicted molar refractivity (Wildman–Crippen MR) is 31.4 cm³/mol. The highest BCUT2D eigenvalue weighted by Crippen LogP contribution is 2.15. The van der Waals surface area contributed by atoms with Crippen LogP contribution in [0.4, 0.5) is 4.39 Å². The van der Waals surface area contributed by atoms with Crippen LogP contribution in [0.25, 0.3) is 0 Å². The average molecular weight is 245 g/mol. The Bertz CT molecular complexity index is 95.1. The largest absolute Gasteiger partial charge is 1.00 e. The van der Waals surface area contributed by atoms with E-state index in [4.69, 9.17) is 0 Å². The predicted octanol–water partition coefficient (Wildman–Crippen LogP) is -2.19. The SMILES string of the molecule is C[N+]1(C)CC[C@H](F)C1.[I-]. The molecule has 1 atom stereocenters. The Morgan fingerprint density at radius 3 is 2.11 bits per heavy atom. The van der Waals surface area contributed by atoms with E-state index in [9.17, 15) is 4.39 Å². The van der Waals surface area contributed by atoms with Crippen LogP contribution in [0.5, 0.6) is 0 Å². The minimum atomic E-state index is -0.537. The summed E-state index contributed by atoms with van der Waals surface area (Å²) in [4.78, 5) is 0. The molecule has 0 aromatic carbocycles. The molecule has 1 saturated heterocycles. The molecule has 1 heterocycles. The first kappa shape index (κ1) is 9.62. The van der Waals surface area contributed by atoms with Crippen molar-refractivity contribution in [3.63, 3.8) is 0 Å². The highest BCUT2D eigenvalue weighted by molar-refractivity contribution is 4.60. The molecule has 0 bridgehead atoms. The van der Waals surface area contributed by atoms with E-state index in [1.165, 1.54) is 0 Å². The number of rotatable bonds is 0. The third kappa shape index (κ3) is 2.80. The van der Waals surface area contributed by atoms with Crippen molar-refractivity contribution in [2.45, 2.75) is 12.6 Å². The normalized spacial score (nSPS) is 31.7. The van der Waals surface area contributed by atoms with Crippen LogP contribution >= 0.6 is 0 Å². The van der Waals surface area contributed by atoms with Gasteiger partial charge in [-0.2, -0.15) is 0 Å². The standard InChI is InChI=1S/C6H13FN.HI/c1-8(2)4-3-6(7)5-8;/h6H,3-5H2,1-2H3;1H/q+1;/p-1/t6-;/m0./s1. The molecule has 0 spiro atoms. The van der Waals surface area contributed by atoms with Gasteiger partial charge in [0.05, 0.1) is 20.6 Å². The van der Waals surface area contributed by atoms with Crippen LogP contribution in [0.15, 0.2) is 0 Å². The van der Waals surface area contributed by atoms with Crippen LogP contribution in [0, 0.1) is 0 Å². The Labute approximate surface area is 72.8 Å². The van der Waals surface area contributed by atoms with Crippen LogP contribution in [0.1, 0.15) is 6.42 Å². The molecular weight excluding hydrogens is 232 g/mol. The number of nitrogens with zero attached hydrogens (tertiary/aromatic N) is 1. The van der Waals surface area contributed by atoms with E-state index in [1.54, 1.807) is 0 Å². The van der Waals surface area contributed by atoms with Gasteiger partial charge in [0, 0.05) is 6.42 Å². The van der Waals surface area contributed by atoms with Gasteiger partial charge in [-0.3, -0.25) is 0 Å². The lowest BCUT2D eigenvalue weighted by atomic mass is 10.3. The van der Waals surface area contributed by atoms with Crippen molar-refractivity contribution in [3.05, 3.63) is 0 Å². The first-order valence-electron chi connectivity index (χ1n) is 3.06. The van der Waals surface area contributed by atoms with Gasteiger partial charge in [-0.15, -0.1) is 0 Å². The topological polar surface area (TPSA) is 0 Å². The molecule has 0 aromatic heterocycles. The smallest absolute Gasteiger partial charge is 0.154 e. The van der Waals surface area contributed by atoms with Crippen molar-refractivity contribution in [3.8, 4) is 0 Å². The molecule has 1 fully saturated rings. The van der Waals surface area contributed by atoms with Gasteiger partial charge in [0.2, 0.25) is 0 Å². The molecule has 0 N–H and O–H groups in total. The van der Waals surface area contributed by atoms with Crippen molar-refractivity contribution in [2.24, 2.45) is 0 Å². The summed E-state index contributed by atoms with van der Waals surface area (Å²) in [5.41, 5.74) is 0. The van der Waals surface area contributed by atoms with E-state index in [1.807, 2.05) is 0 Å². The summed E-state index contributed by atoms with van der Waals surface area (Å²) in [6.07, 6.45) is 0.220. The first-order chi connectivity index (χ1) is 3.60. The fourth-order valence-corrected chi connectivity index (χ4v) is 1.21. The van der Waals surface area contributed by atoms with Crippen molar-refractivity contribution in [1.82, 2.24) is 0 Å². The maximum Gasteiger partial charge on any atom is 0.154 e. The van der Waals surface area contributed by atoms with Crippen LogP contribution in [0.2, 0.25) is 0 Å². The molecule has 0 aliphatic carbocycles. The van der Waals surface area contributed by atoms with Crippen LogP contribution < -0.4 is 24.0 Å². The summed E-state index contributed by atoms with van der Waals surface area (Å²) >= 11 is 0. The van der Waals surface area contributed by atoms with E-state index in [0.29, 0.717) is 6.54 Å². The minimum absolute atomic E-state index is 0. The summed E-state index contributed by atoms with van der Waals surface area (Å²) in [5.74, 6) is 0. The zero-order chi connectivity index (χ0) is 6.20. The van der Waals surface area contributed by atoms with Gasteiger partial charge in [-0.25, -0.2) is 4.39 Å². The molecule has 1 rings (SSSR count). The molecule has 0 saturated carbocycles. The van der Waals surface area contributed by atoms with E-state index < -0.39 is 6.17 Å². The number of quaternary nitrogens is 1. The second-order valence-electron chi connectivity index (χ2n) is 3.23. The molecule has 9 heavy (non-hydrogen) atoms. The van der Waals surface area contributed by atoms with Crippen molar-refractivity contribution < 1.29 is 32.9 Å². The van der Waals surface area contributed by atoms with Crippen LogP contribution in [-0.4, -0.2) is 37.8 Å². The Hall–Kier alpha value is 0.620. The second-order valence-corrected chi connectivity index (χ2v) is 3.23. The zero-order valence-electron chi connectivity index (χ0n) is 5.90. The quantitative estimate of drug-likeness (QED) is 0.336. The number of likely N-dealkylation sites (tertiary alicyclic amines) is 1. The van der Waals surface area contributed by atoms with E-state index >= 15 is 0 Å². The minimum Gasteiger partial charge on any atom is -1.00 e. The van der Waals surface area contributed by atoms with Gasteiger partial charge in [-0.05, 0) is 0 Å². The summed E-state index contributed by atoms with van der Waals surface area (Å²) in [6, 6.07) is 0. The molecule has 1 nitrogen and oxygen atoms in total. The molecule has 3 heteroatoms. The van der Waals surface area contributed by atoms with Gasteiger partial charge in [0.1, 0.15) is 6.54 Å². The van der Waals surface area contributed by atoms with E-state index in [0.717, 1.165) is 17.4 Å². The lowest BCUT2D eigenvalue weighted by molar-refractivity contribution is -0.878. The highest BCUT2D eigenvalue weighted by atomic mass is 127. The van der Waals surface area contributed by atoms with Gasteiger partial charge >= 0.3 is 0 Å². The fraction of sp³-hybridized carbons (Fsp3) is 1.00. The second kappa shape index (κ2) is 3.14. The number of alkyl halides is 1. The average Bonchev–Trinajstić information content (AvgIpc) is 1.82. The third-order valence-corrected chi connectivity index (χ3v) is 1.74. The van der Waals surface area contributed by atoms with Gasteiger partial charge in [-0.1, -0.05) is 0 Å². The monoisotopic (exact) mass is 245 g/mol. The number of hydrogen-bond donors (Lipinski definition) is 0. The van der Waals surface area contributed by atoms with Crippen molar-refractivity contribution in [2.75, 3.05) is 27.2 Å². The summed E-state index contributed by atoms with van der Waals surface area (Å²) in [7, 11) is 4.14. The molecule has 0 amide bonds. The molecule has 1 aliphatic heterocycles. The van der Waals surface area contributed by atoms with Crippen molar-refractivity contribution in [1.29, 1.82) is 0 Å². The van der Waals surface area contributed by atoms with E-state index in [-0.39, 0.29) is 24.0 Å². The van der Waals surface area contributed by atoms with Gasteiger partial charge in [0.25, 0.3) is 0 Å². The Morgan fingerprint density at radius 2 is 2.00 bits per heavy atom. The number of hydrogen-bond acceptors (Lipinski definition) is 0. The Balaban J connectivity index is 0.000000640. The van der Waals surface area contributed by atoms with E-state index in [2.05, 4.69) is 14.1 Å². The van der Waals surface area contributed by atoms with Crippen molar-refractivity contribution >= 4 is 0 Å². The summed E-state index contributed by atoms with van der Waals surface area (Å²) in [6.45, 7) is 1.71. The van der Waals surface area contributed by atoms with Gasteiger partial charge in [0.15, 0.2) is 6.17 Å². The molecule has 0 aromatic rings. The maximum atomic E-state index is 12.4. The first-order valence-corrected chi connectivity index (χ1v) is 3.06. The maximum absolute atomic E-state index is 12.4. The lowest BCUT2D eigenvalue weighted by Gasteiger charge is -2.21. The van der Waals surface area contributed by atoms with Gasteiger partial charge < -0.3 is 28.5 Å². The molecular formula is C6H13FIN. The third-order valence-electron chi connectivity index (χ3n) is 1.74. The van der Waals surface area contributed by atoms with Crippen LogP contribution in [0.3, 0.4) is 0 Å². The molecule has 0 radical (unpaired) electrons. The van der Waals surface area contributed by atoms with Crippen LogP contribution in [-0.2, 0) is 0 Å². The Morgan fingerprint density at radius 1 is 1.44 bits per heavy atom. The summed E-state index contributed by atoms with van der Waals surface area (Å²) in [5, 5.41) is 0. The molecule has 56 valence electrons. The Kier molecular flexibility index (Phi) is 3.36. The zero-order valence-corrected chi connectivity index (χ0v) is 8.06. The highest BCUT2D eigenvalue weighted by Gasteiger charge is 2.29. The molecule has 1 aliphatic rings. The summed E-state index contributed by atoms with van der Waals surface area (Å²) < 4.78 is 13.3. The lowest BCUT2D eigenvalue weighted by Crippen LogP contribution is -3.00. The number of halogens is 2. The fourth-order valence-electron chi connectivity index (χ4n) is 1.21.